The Hall–Kier alpha value is -1.50. The van der Waals surface area contributed by atoms with Gasteiger partial charge in [0, 0.05) is 12.0 Å². The topological polar surface area (TPSA) is 27.1 Å². The number of hydrogen-bond acceptors (Lipinski definition) is 2. The molecule has 1 unspecified atom stereocenters. The third-order valence-electron chi connectivity index (χ3n) is 4.12. The van der Waals surface area contributed by atoms with Crippen molar-refractivity contribution in [2.24, 2.45) is 5.41 Å². The van der Waals surface area contributed by atoms with Gasteiger partial charge in [0.1, 0.15) is 22.6 Å². The highest BCUT2D eigenvalue weighted by atomic mass is 79.9. The van der Waals surface area contributed by atoms with Crippen LogP contribution < -0.4 is 4.74 Å². The first kappa shape index (κ1) is 13.2. The Bertz CT molecular complexity index is 729. The van der Waals surface area contributed by atoms with Crippen LogP contribution in [0.2, 0.25) is 0 Å². The van der Waals surface area contributed by atoms with Gasteiger partial charge in [0.2, 0.25) is 5.88 Å². The number of nitrogens with zero attached hydrogens (tertiary/aromatic N) is 2. The van der Waals surface area contributed by atoms with Crippen molar-refractivity contribution in [2.45, 2.75) is 18.9 Å². The van der Waals surface area contributed by atoms with Crippen LogP contribution in [0.4, 0.5) is 13.2 Å². The fourth-order valence-corrected chi connectivity index (χ4v) is 3.34. The van der Waals surface area contributed by atoms with Crippen molar-refractivity contribution in [3.05, 3.63) is 34.6 Å². The smallest absolute Gasteiger partial charge is 0.259 e. The van der Waals surface area contributed by atoms with Crippen LogP contribution in [0.25, 0.3) is 11.3 Å². The molecule has 0 saturated heterocycles. The molecule has 2 aromatic rings. The normalized spacial score (nSPS) is 25.5. The Morgan fingerprint density at radius 2 is 1.90 bits per heavy atom. The SMILES string of the molecule is Fc1ccc(-c2nn3c(c2Br)OCC2(C3)CC2(F)F)cc1. The molecule has 0 amide bonds. The minimum atomic E-state index is -2.68. The van der Waals surface area contributed by atoms with Crippen LogP contribution in [0, 0.1) is 11.2 Å². The zero-order chi connectivity index (χ0) is 14.8. The summed E-state index contributed by atoms with van der Waals surface area (Å²) in [6.07, 6.45) is -0.164. The van der Waals surface area contributed by atoms with Crippen molar-refractivity contribution in [3.63, 3.8) is 0 Å². The highest BCUT2D eigenvalue weighted by Crippen LogP contribution is 2.63. The van der Waals surface area contributed by atoms with Gasteiger partial charge in [-0.15, -0.1) is 0 Å². The highest BCUT2D eigenvalue weighted by Gasteiger charge is 2.73. The summed E-state index contributed by atoms with van der Waals surface area (Å²) in [4.78, 5) is 0. The average Bonchev–Trinajstić information content (AvgIpc) is 2.80. The molecule has 110 valence electrons. The summed E-state index contributed by atoms with van der Waals surface area (Å²) in [7, 11) is 0. The second kappa shape index (κ2) is 4.03. The fourth-order valence-electron chi connectivity index (χ4n) is 2.71. The molecule has 1 fully saturated rings. The van der Waals surface area contributed by atoms with Gasteiger partial charge in [-0.25, -0.2) is 17.9 Å². The van der Waals surface area contributed by atoms with E-state index in [0.717, 1.165) is 0 Å². The lowest BCUT2D eigenvalue weighted by Crippen LogP contribution is -2.31. The molecule has 2 heterocycles. The molecule has 0 radical (unpaired) electrons. The Labute approximate surface area is 126 Å². The third kappa shape index (κ3) is 1.83. The summed E-state index contributed by atoms with van der Waals surface area (Å²) in [5.41, 5.74) is 0.141. The van der Waals surface area contributed by atoms with Gasteiger partial charge in [0.25, 0.3) is 5.92 Å². The van der Waals surface area contributed by atoms with Gasteiger partial charge in [-0.2, -0.15) is 5.10 Å². The van der Waals surface area contributed by atoms with Gasteiger partial charge < -0.3 is 4.74 Å². The summed E-state index contributed by atoms with van der Waals surface area (Å²) in [5, 5.41) is 4.34. The minimum absolute atomic E-state index is 0.00679. The number of rotatable bonds is 1. The maximum Gasteiger partial charge on any atom is 0.259 e. The monoisotopic (exact) mass is 358 g/mol. The number of halogens is 4. The molecule has 1 aromatic carbocycles. The van der Waals surface area contributed by atoms with Crippen LogP contribution >= 0.6 is 15.9 Å². The molecule has 1 spiro atoms. The van der Waals surface area contributed by atoms with Crippen LogP contribution in [0.3, 0.4) is 0 Å². The molecular weight excluding hydrogens is 349 g/mol. The second-order valence-electron chi connectivity index (χ2n) is 5.58. The molecule has 2 aliphatic rings. The van der Waals surface area contributed by atoms with Gasteiger partial charge in [0.05, 0.1) is 12.0 Å². The van der Waals surface area contributed by atoms with E-state index in [1.54, 1.807) is 12.1 Å². The molecule has 0 N–H and O–H groups in total. The standard InChI is InChI=1S/C14H10BrF3N2O/c15-10-11(8-1-3-9(16)4-2-8)19-20-6-13(5-14(13,17)18)7-21-12(10)20/h1-4H,5-7H2. The lowest BCUT2D eigenvalue weighted by atomic mass is 10.1. The number of alkyl halides is 2. The lowest BCUT2D eigenvalue weighted by molar-refractivity contribution is 0.0149. The number of aromatic nitrogens is 2. The largest absolute Gasteiger partial charge is 0.476 e. The second-order valence-corrected chi connectivity index (χ2v) is 6.38. The van der Waals surface area contributed by atoms with Crippen LogP contribution in [0.15, 0.2) is 28.7 Å². The average molecular weight is 359 g/mol. The van der Waals surface area contributed by atoms with E-state index >= 15 is 0 Å². The third-order valence-corrected chi connectivity index (χ3v) is 4.83. The van der Waals surface area contributed by atoms with Gasteiger partial charge in [-0.05, 0) is 40.2 Å². The Kier molecular flexibility index (Phi) is 2.53. The summed E-state index contributed by atoms with van der Waals surface area (Å²) in [6, 6.07) is 5.85. The van der Waals surface area contributed by atoms with Crippen LogP contribution in [-0.2, 0) is 6.54 Å². The van der Waals surface area contributed by atoms with E-state index in [4.69, 9.17) is 4.74 Å². The fraction of sp³-hybridized carbons (Fsp3) is 0.357. The van der Waals surface area contributed by atoms with E-state index < -0.39 is 11.3 Å². The van der Waals surface area contributed by atoms with Crippen molar-refractivity contribution in [1.82, 2.24) is 9.78 Å². The lowest BCUT2D eigenvalue weighted by Gasteiger charge is -2.24. The predicted octanol–water partition coefficient (Wildman–Crippen LogP) is 3.87. The highest BCUT2D eigenvalue weighted by molar-refractivity contribution is 9.10. The van der Waals surface area contributed by atoms with E-state index in [-0.39, 0.29) is 25.4 Å². The number of hydrogen-bond donors (Lipinski definition) is 0. The van der Waals surface area contributed by atoms with Crippen LogP contribution in [0.5, 0.6) is 5.88 Å². The first-order valence-electron chi connectivity index (χ1n) is 6.45. The van der Waals surface area contributed by atoms with E-state index in [1.807, 2.05) is 0 Å². The molecule has 4 rings (SSSR count). The molecule has 3 nitrogen and oxygen atoms in total. The molecule has 1 aromatic heterocycles. The Morgan fingerprint density at radius 1 is 1.24 bits per heavy atom. The van der Waals surface area contributed by atoms with Crippen LogP contribution in [-0.4, -0.2) is 22.3 Å². The maximum atomic E-state index is 13.5. The quantitative estimate of drug-likeness (QED) is 0.773. The molecule has 1 saturated carbocycles. The summed E-state index contributed by atoms with van der Waals surface area (Å²) in [5.74, 6) is -2.58. The van der Waals surface area contributed by atoms with Gasteiger partial charge >= 0.3 is 0 Å². The molecule has 7 heteroatoms. The minimum Gasteiger partial charge on any atom is -0.476 e. The van der Waals surface area contributed by atoms with E-state index in [9.17, 15) is 13.2 Å². The first-order chi connectivity index (χ1) is 9.92. The number of benzene rings is 1. The zero-order valence-electron chi connectivity index (χ0n) is 10.7. The molecule has 1 aliphatic heterocycles. The summed E-state index contributed by atoms with van der Waals surface area (Å²) >= 11 is 3.39. The Balaban J connectivity index is 1.74. The predicted molar refractivity (Wildman–Crippen MR) is 72.8 cm³/mol. The molecule has 21 heavy (non-hydrogen) atoms. The van der Waals surface area contributed by atoms with Crippen molar-refractivity contribution >= 4 is 15.9 Å². The zero-order valence-corrected chi connectivity index (χ0v) is 12.3. The van der Waals surface area contributed by atoms with E-state index in [2.05, 4.69) is 21.0 Å². The van der Waals surface area contributed by atoms with Crippen molar-refractivity contribution in [1.29, 1.82) is 0 Å². The van der Waals surface area contributed by atoms with Crippen LogP contribution in [0.1, 0.15) is 6.42 Å². The van der Waals surface area contributed by atoms with Gasteiger partial charge in [-0.3, -0.25) is 0 Å². The van der Waals surface area contributed by atoms with Crippen molar-refractivity contribution < 1.29 is 17.9 Å². The number of fused-ring (bicyclic) bond motifs is 1. The molecule has 1 aliphatic carbocycles. The van der Waals surface area contributed by atoms with Crippen molar-refractivity contribution in [2.75, 3.05) is 6.61 Å². The summed E-state index contributed by atoms with van der Waals surface area (Å²) < 4.78 is 47.5. The molecule has 1 atom stereocenters. The maximum absolute atomic E-state index is 13.5. The van der Waals surface area contributed by atoms with Gasteiger partial charge in [-0.1, -0.05) is 0 Å². The van der Waals surface area contributed by atoms with Gasteiger partial charge in [0.15, 0.2) is 0 Å². The first-order valence-corrected chi connectivity index (χ1v) is 7.24. The Morgan fingerprint density at radius 3 is 2.52 bits per heavy atom. The summed E-state index contributed by atoms with van der Waals surface area (Å²) in [6.45, 7) is 0.127. The van der Waals surface area contributed by atoms with E-state index in [1.165, 1.54) is 16.8 Å². The molecular formula is C14H10BrF3N2O. The van der Waals surface area contributed by atoms with Crippen molar-refractivity contribution in [3.8, 4) is 17.1 Å². The van der Waals surface area contributed by atoms with E-state index in [0.29, 0.717) is 21.6 Å². The molecule has 0 bridgehead atoms. The number of ether oxygens (including phenoxy) is 1.